The highest BCUT2D eigenvalue weighted by Gasteiger charge is 2.27. The number of methoxy groups -OCH3 is 1. The van der Waals surface area contributed by atoms with E-state index in [1.54, 1.807) is 12.0 Å². The van der Waals surface area contributed by atoms with Crippen molar-refractivity contribution in [3.05, 3.63) is 0 Å². The number of nitrogens with zero attached hydrogens (tertiary/aromatic N) is 1. The van der Waals surface area contributed by atoms with Crippen molar-refractivity contribution >= 4 is 5.91 Å². The van der Waals surface area contributed by atoms with Crippen molar-refractivity contribution in [1.29, 1.82) is 0 Å². The van der Waals surface area contributed by atoms with E-state index in [1.807, 2.05) is 0 Å². The van der Waals surface area contributed by atoms with Crippen molar-refractivity contribution in [3.63, 3.8) is 0 Å². The fraction of sp³-hybridized carbons (Fsp3) is 0.900. The summed E-state index contributed by atoms with van der Waals surface area (Å²) in [5, 5.41) is 0. The molecule has 0 aromatic rings. The average Bonchev–Trinajstić information content (AvgIpc) is 2.76. The van der Waals surface area contributed by atoms with Gasteiger partial charge in [-0.15, -0.1) is 0 Å². The summed E-state index contributed by atoms with van der Waals surface area (Å²) in [6.45, 7) is 2.87. The molecule has 0 aliphatic carbocycles. The summed E-state index contributed by atoms with van der Waals surface area (Å²) in [6.07, 6.45) is 1.54. The van der Waals surface area contributed by atoms with Crippen LogP contribution < -0.4 is 5.73 Å². The lowest BCUT2D eigenvalue weighted by atomic mass is 10.2. The predicted molar refractivity (Wildman–Crippen MR) is 56.5 cm³/mol. The van der Waals surface area contributed by atoms with Crippen LogP contribution in [-0.2, 0) is 14.3 Å². The maximum atomic E-state index is 11.9. The van der Waals surface area contributed by atoms with Crippen LogP contribution in [0.3, 0.4) is 0 Å². The largest absolute Gasteiger partial charge is 0.383 e. The Kier molecular flexibility index (Phi) is 5.60. The Morgan fingerprint density at radius 3 is 2.93 bits per heavy atom. The molecule has 0 spiro atoms. The van der Waals surface area contributed by atoms with Crippen LogP contribution in [0.25, 0.3) is 0 Å². The standard InChI is InChI=1S/C10H20N2O3/c1-14-8-6-12(5-4-11)10(13)9-3-2-7-15-9/h9H,2-8,11H2,1H3. The van der Waals surface area contributed by atoms with Crippen LogP contribution in [0.15, 0.2) is 0 Å². The van der Waals surface area contributed by atoms with Crippen molar-refractivity contribution in [3.8, 4) is 0 Å². The fourth-order valence-electron chi connectivity index (χ4n) is 1.67. The first kappa shape index (κ1) is 12.4. The van der Waals surface area contributed by atoms with Gasteiger partial charge in [-0.1, -0.05) is 0 Å². The van der Waals surface area contributed by atoms with Gasteiger partial charge in [-0.05, 0) is 12.8 Å². The molecule has 0 aromatic heterocycles. The van der Waals surface area contributed by atoms with E-state index in [1.165, 1.54) is 0 Å². The summed E-state index contributed by atoms with van der Waals surface area (Å²) in [6, 6.07) is 0. The Bertz CT molecular complexity index is 193. The van der Waals surface area contributed by atoms with Gasteiger partial charge in [-0.3, -0.25) is 4.79 Å². The van der Waals surface area contributed by atoms with Gasteiger partial charge in [0.1, 0.15) is 6.10 Å². The lowest BCUT2D eigenvalue weighted by Gasteiger charge is -2.24. The maximum absolute atomic E-state index is 11.9. The predicted octanol–water partition coefficient (Wildman–Crippen LogP) is -0.401. The molecule has 0 radical (unpaired) electrons. The van der Waals surface area contributed by atoms with Crippen LogP contribution in [0.5, 0.6) is 0 Å². The van der Waals surface area contributed by atoms with E-state index in [0.717, 1.165) is 12.8 Å². The van der Waals surface area contributed by atoms with Crippen molar-refractivity contribution in [1.82, 2.24) is 4.90 Å². The normalized spacial score (nSPS) is 20.5. The van der Waals surface area contributed by atoms with E-state index >= 15 is 0 Å². The van der Waals surface area contributed by atoms with Crippen LogP contribution in [0.1, 0.15) is 12.8 Å². The maximum Gasteiger partial charge on any atom is 0.251 e. The second-order valence-corrected chi connectivity index (χ2v) is 3.61. The van der Waals surface area contributed by atoms with Gasteiger partial charge in [0, 0.05) is 33.4 Å². The molecule has 1 atom stereocenters. The Morgan fingerprint density at radius 2 is 2.40 bits per heavy atom. The molecule has 0 aromatic carbocycles. The van der Waals surface area contributed by atoms with Gasteiger partial charge in [0.15, 0.2) is 0 Å². The highest BCUT2D eigenvalue weighted by atomic mass is 16.5. The molecule has 15 heavy (non-hydrogen) atoms. The number of amides is 1. The molecule has 1 aliphatic rings. The molecule has 1 rings (SSSR count). The minimum Gasteiger partial charge on any atom is -0.383 e. The van der Waals surface area contributed by atoms with Gasteiger partial charge in [-0.25, -0.2) is 0 Å². The van der Waals surface area contributed by atoms with Gasteiger partial charge in [0.2, 0.25) is 0 Å². The van der Waals surface area contributed by atoms with Crippen LogP contribution in [0.2, 0.25) is 0 Å². The summed E-state index contributed by atoms with van der Waals surface area (Å²) in [5.41, 5.74) is 5.46. The molecule has 2 N–H and O–H groups in total. The smallest absolute Gasteiger partial charge is 0.251 e. The molecule has 5 nitrogen and oxygen atoms in total. The monoisotopic (exact) mass is 216 g/mol. The summed E-state index contributed by atoms with van der Waals surface area (Å²) in [5.74, 6) is 0.0509. The molecule has 1 heterocycles. The van der Waals surface area contributed by atoms with Crippen LogP contribution >= 0.6 is 0 Å². The molecule has 1 aliphatic heterocycles. The molecule has 0 saturated carbocycles. The van der Waals surface area contributed by atoms with E-state index in [4.69, 9.17) is 15.2 Å². The summed E-state index contributed by atoms with van der Waals surface area (Å²) in [7, 11) is 1.62. The van der Waals surface area contributed by atoms with E-state index in [0.29, 0.717) is 32.8 Å². The molecule has 1 saturated heterocycles. The van der Waals surface area contributed by atoms with Crippen molar-refractivity contribution in [2.75, 3.05) is 40.0 Å². The molecule has 88 valence electrons. The number of nitrogens with two attached hydrogens (primary N) is 1. The average molecular weight is 216 g/mol. The zero-order valence-corrected chi connectivity index (χ0v) is 9.28. The molecule has 1 amide bonds. The number of carbonyl (C=O) groups is 1. The third kappa shape index (κ3) is 3.77. The van der Waals surface area contributed by atoms with Crippen molar-refractivity contribution in [2.24, 2.45) is 5.73 Å². The summed E-state index contributed by atoms with van der Waals surface area (Å²) in [4.78, 5) is 13.7. The van der Waals surface area contributed by atoms with Crippen LogP contribution in [0, 0.1) is 0 Å². The number of hydrogen-bond donors (Lipinski definition) is 1. The Balaban J connectivity index is 2.41. The van der Waals surface area contributed by atoms with Crippen LogP contribution in [0.4, 0.5) is 0 Å². The summed E-state index contributed by atoms with van der Waals surface area (Å²) >= 11 is 0. The SMILES string of the molecule is COCCN(CCN)C(=O)C1CCCO1. The molecule has 5 heteroatoms. The zero-order chi connectivity index (χ0) is 11.1. The summed E-state index contributed by atoms with van der Waals surface area (Å²) < 4.78 is 10.3. The van der Waals surface area contributed by atoms with Gasteiger partial charge >= 0.3 is 0 Å². The lowest BCUT2D eigenvalue weighted by Crippen LogP contribution is -2.43. The van der Waals surface area contributed by atoms with Crippen LogP contribution in [-0.4, -0.2) is 56.9 Å². The third-order valence-corrected chi connectivity index (χ3v) is 2.48. The molecule has 1 unspecified atom stereocenters. The van der Waals surface area contributed by atoms with E-state index in [9.17, 15) is 4.79 Å². The molecular formula is C10H20N2O3. The first-order valence-electron chi connectivity index (χ1n) is 5.39. The number of ether oxygens (including phenoxy) is 2. The quantitative estimate of drug-likeness (QED) is 0.656. The van der Waals surface area contributed by atoms with Gasteiger partial charge in [0.25, 0.3) is 5.91 Å². The lowest BCUT2D eigenvalue weighted by molar-refractivity contribution is -0.141. The van der Waals surface area contributed by atoms with E-state index in [-0.39, 0.29) is 12.0 Å². The zero-order valence-electron chi connectivity index (χ0n) is 9.28. The molecule has 1 fully saturated rings. The first-order chi connectivity index (χ1) is 7.29. The van der Waals surface area contributed by atoms with Crippen molar-refractivity contribution < 1.29 is 14.3 Å². The Labute approximate surface area is 90.5 Å². The van der Waals surface area contributed by atoms with Gasteiger partial charge < -0.3 is 20.1 Å². The Hall–Kier alpha value is -0.650. The topological polar surface area (TPSA) is 64.8 Å². The minimum atomic E-state index is -0.256. The number of carbonyl (C=O) groups excluding carboxylic acids is 1. The minimum absolute atomic E-state index is 0.0509. The molecular weight excluding hydrogens is 196 g/mol. The van der Waals surface area contributed by atoms with E-state index < -0.39 is 0 Å². The first-order valence-corrected chi connectivity index (χ1v) is 5.39. The van der Waals surface area contributed by atoms with Gasteiger partial charge in [0.05, 0.1) is 6.61 Å². The third-order valence-electron chi connectivity index (χ3n) is 2.48. The number of hydrogen-bond acceptors (Lipinski definition) is 4. The highest BCUT2D eigenvalue weighted by Crippen LogP contribution is 2.14. The number of rotatable bonds is 6. The second-order valence-electron chi connectivity index (χ2n) is 3.61. The van der Waals surface area contributed by atoms with E-state index in [2.05, 4.69) is 0 Å². The van der Waals surface area contributed by atoms with Gasteiger partial charge in [-0.2, -0.15) is 0 Å². The molecule has 0 bridgehead atoms. The fourth-order valence-corrected chi connectivity index (χ4v) is 1.67. The Morgan fingerprint density at radius 1 is 1.60 bits per heavy atom. The van der Waals surface area contributed by atoms with Crippen molar-refractivity contribution in [2.45, 2.75) is 18.9 Å². The highest BCUT2D eigenvalue weighted by molar-refractivity contribution is 5.81. The second kappa shape index (κ2) is 6.76.